The van der Waals surface area contributed by atoms with Crippen molar-refractivity contribution in [3.05, 3.63) is 17.5 Å². The first-order valence-electron chi connectivity index (χ1n) is 6.95. The van der Waals surface area contributed by atoms with Crippen LogP contribution in [0.2, 0.25) is 0 Å². The summed E-state index contributed by atoms with van der Waals surface area (Å²) in [6.45, 7) is 7.84. The van der Waals surface area contributed by atoms with Gasteiger partial charge in [0.2, 0.25) is 0 Å². The monoisotopic (exact) mass is 297 g/mol. The van der Waals surface area contributed by atoms with E-state index in [0.29, 0.717) is 0 Å². The van der Waals surface area contributed by atoms with Crippen molar-refractivity contribution in [2.45, 2.75) is 52.2 Å². The average Bonchev–Trinajstić information content (AvgIpc) is 2.84. The molecule has 0 aliphatic rings. The summed E-state index contributed by atoms with van der Waals surface area (Å²) in [5, 5.41) is 18.2. The Kier molecular flexibility index (Phi) is 5.90. The Morgan fingerprint density at radius 2 is 2.14 bits per heavy atom. The fourth-order valence-corrected chi connectivity index (χ4v) is 1.63. The van der Waals surface area contributed by atoms with Crippen molar-refractivity contribution in [3.8, 4) is 0 Å². The van der Waals surface area contributed by atoms with Crippen molar-refractivity contribution >= 4 is 11.9 Å². The van der Waals surface area contributed by atoms with Gasteiger partial charge in [0.15, 0.2) is 0 Å². The van der Waals surface area contributed by atoms with Gasteiger partial charge in [0, 0.05) is 18.7 Å². The molecule has 1 rings (SSSR count). The van der Waals surface area contributed by atoms with Gasteiger partial charge in [-0.2, -0.15) is 5.10 Å². The molecule has 1 heterocycles. The van der Waals surface area contributed by atoms with Crippen molar-refractivity contribution in [2.75, 3.05) is 6.61 Å². The highest BCUT2D eigenvalue weighted by molar-refractivity contribution is 5.95. The van der Waals surface area contributed by atoms with Gasteiger partial charge in [-0.1, -0.05) is 6.92 Å². The molecule has 118 valence electrons. The molecule has 0 aliphatic heterocycles. The number of aromatic nitrogens is 2. The minimum atomic E-state index is -1.09. The third kappa shape index (κ3) is 5.95. The Bertz CT molecular complexity index is 491. The van der Waals surface area contributed by atoms with E-state index in [2.05, 4.69) is 15.5 Å². The predicted octanol–water partition coefficient (Wildman–Crippen LogP) is 1.36. The summed E-state index contributed by atoms with van der Waals surface area (Å²) in [6.07, 6.45) is 0.922. The highest BCUT2D eigenvalue weighted by Crippen LogP contribution is 2.08. The van der Waals surface area contributed by atoms with Crippen LogP contribution in [0.5, 0.6) is 0 Å². The lowest BCUT2D eigenvalue weighted by Gasteiger charge is -2.21. The third-order valence-corrected chi connectivity index (χ3v) is 2.79. The van der Waals surface area contributed by atoms with Crippen LogP contribution in [0.1, 0.15) is 50.3 Å². The molecular formula is C14H23N3O4. The van der Waals surface area contributed by atoms with Crippen molar-refractivity contribution in [3.63, 3.8) is 0 Å². The molecule has 1 amide bonds. The largest absolute Gasteiger partial charge is 0.480 e. The first kappa shape index (κ1) is 17.2. The number of nitrogens with one attached hydrogen (secondary N) is 2. The van der Waals surface area contributed by atoms with Gasteiger partial charge in [-0.05, 0) is 33.3 Å². The van der Waals surface area contributed by atoms with Gasteiger partial charge in [0.25, 0.3) is 5.91 Å². The first-order chi connectivity index (χ1) is 9.73. The summed E-state index contributed by atoms with van der Waals surface area (Å²) in [4.78, 5) is 23.1. The molecule has 1 unspecified atom stereocenters. The van der Waals surface area contributed by atoms with E-state index < -0.39 is 17.9 Å². The van der Waals surface area contributed by atoms with Gasteiger partial charge in [-0.3, -0.25) is 9.89 Å². The zero-order chi connectivity index (χ0) is 16.0. The number of nitrogens with zero attached hydrogens (tertiary/aromatic N) is 1. The zero-order valence-corrected chi connectivity index (χ0v) is 12.9. The molecule has 0 spiro atoms. The van der Waals surface area contributed by atoms with Crippen LogP contribution in [-0.4, -0.2) is 45.4 Å². The number of hydrogen-bond donors (Lipinski definition) is 3. The lowest BCUT2D eigenvalue weighted by atomic mass is 10.1. The molecule has 0 radical (unpaired) electrons. The Morgan fingerprint density at radius 3 is 2.62 bits per heavy atom. The van der Waals surface area contributed by atoms with Crippen LogP contribution in [0.25, 0.3) is 0 Å². The number of rotatable bonds is 7. The maximum Gasteiger partial charge on any atom is 0.326 e. The van der Waals surface area contributed by atoms with Crippen LogP contribution in [0.15, 0.2) is 6.07 Å². The molecule has 3 N–H and O–H groups in total. The number of aliphatic carboxylic acids is 1. The van der Waals surface area contributed by atoms with Crippen LogP contribution in [0, 0.1) is 0 Å². The molecule has 0 aliphatic carbocycles. The lowest BCUT2D eigenvalue weighted by Crippen LogP contribution is -2.42. The number of ether oxygens (including phenoxy) is 1. The Hall–Kier alpha value is -1.89. The number of hydrogen-bond acceptors (Lipinski definition) is 4. The van der Waals surface area contributed by atoms with Crippen LogP contribution in [0.3, 0.4) is 0 Å². The van der Waals surface area contributed by atoms with E-state index >= 15 is 0 Å². The summed E-state index contributed by atoms with van der Waals surface area (Å²) in [5.74, 6) is -1.60. The molecule has 0 bridgehead atoms. The highest BCUT2D eigenvalue weighted by Gasteiger charge is 2.22. The molecule has 0 saturated heterocycles. The molecule has 0 aromatic carbocycles. The van der Waals surface area contributed by atoms with Crippen LogP contribution in [0.4, 0.5) is 0 Å². The third-order valence-electron chi connectivity index (χ3n) is 2.79. The maximum atomic E-state index is 12.0. The summed E-state index contributed by atoms with van der Waals surface area (Å²) >= 11 is 0. The normalized spacial score (nSPS) is 13.0. The van der Waals surface area contributed by atoms with Crippen molar-refractivity contribution in [2.24, 2.45) is 0 Å². The van der Waals surface area contributed by atoms with Crippen molar-refractivity contribution in [1.82, 2.24) is 15.5 Å². The topological polar surface area (TPSA) is 104 Å². The van der Waals surface area contributed by atoms with Crippen LogP contribution >= 0.6 is 0 Å². The van der Waals surface area contributed by atoms with Gasteiger partial charge in [-0.25, -0.2) is 4.79 Å². The molecule has 0 saturated carbocycles. The summed E-state index contributed by atoms with van der Waals surface area (Å²) < 4.78 is 5.48. The summed E-state index contributed by atoms with van der Waals surface area (Å²) in [5.41, 5.74) is 0.670. The van der Waals surface area contributed by atoms with E-state index in [1.54, 1.807) is 6.07 Å². The van der Waals surface area contributed by atoms with Crippen LogP contribution < -0.4 is 5.32 Å². The second-order valence-electron chi connectivity index (χ2n) is 5.75. The molecule has 21 heavy (non-hydrogen) atoms. The minimum Gasteiger partial charge on any atom is -0.480 e. The Morgan fingerprint density at radius 1 is 1.48 bits per heavy atom. The molecule has 0 fully saturated rings. The molecule has 7 nitrogen and oxygen atoms in total. The Balaban J connectivity index is 2.57. The van der Waals surface area contributed by atoms with Gasteiger partial charge < -0.3 is 15.2 Å². The van der Waals surface area contributed by atoms with Gasteiger partial charge in [-0.15, -0.1) is 0 Å². The van der Waals surface area contributed by atoms with Crippen LogP contribution in [-0.2, 0) is 16.0 Å². The van der Waals surface area contributed by atoms with Crippen molar-refractivity contribution in [1.29, 1.82) is 0 Å². The van der Waals surface area contributed by atoms with Gasteiger partial charge in [0.1, 0.15) is 11.7 Å². The van der Waals surface area contributed by atoms with E-state index in [4.69, 9.17) is 9.84 Å². The molecule has 1 atom stereocenters. The summed E-state index contributed by atoms with van der Waals surface area (Å²) in [6, 6.07) is 0.613. The van der Waals surface area contributed by atoms with Gasteiger partial charge >= 0.3 is 5.97 Å². The lowest BCUT2D eigenvalue weighted by molar-refractivity contribution is -0.140. The fourth-order valence-electron chi connectivity index (χ4n) is 1.63. The number of H-pyrrole nitrogens is 1. The van der Waals surface area contributed by atoms with E-state index in [1.807, 2.05) is 27.7 Å². The fraction of sp³-hybridized carbons (Fsp3) is 0.643. The van der Waals surface area contributed by atoms with E-state index in [1.165, 1.54) is 0 Å². The molecular weight excluding hydrogens is 274 g/mol. The number of carbonyl (C=O) groups is 2. The van der Waals surface area contributed by atoms with E-state index in [9.17, 15) is 9.59 Å². The number of carboxylic acids is 1. The summed E-state index contributed by atoms with van der Waals surface area (Å²) in [7, 11) is 0. The highest BCUT2D eigenvalue weighted by atomic mass is 16.5. The van der Waals surface area contributed by atoms with Gasteiger partial charge in [0.05, 0.1) is 5.60 Å². The second kappa shape index (κ2) is 7.21. The number of aromatic amines is 1. The molecule has 1 aromatic rings. The maximum absolute atomic E-state index is 12.0. The standard InChI is InChI=1S/C14H23N3O4/c1-5-9-8-11(17-16-9)12(18)15-10(13(19)20)6-7-21-14(2,3)4/h8,10H,5-7H2,1-4H3,(H,15,18)(H,16,17)(H,19,20). The zero-order valence-electron chi connectivity index (χ0n) is 12.9. The molecule has 7 heteroatoms. The van der Waals surface area contributed by atoms with E-state index in [0.717, 1.165) is 12.1 Å². The smallest absolute Gasteiger partial charge is 0.326 e. The predicted molar refractivity (Wildman–Crippen MR) is 77.2 cm³/mol. The number of amides is 1. The first-order valence-corrected chi connectivity index (χ1v) is 6.95. The average molecular weight is 297 g/mol. The number of carbonyl (C=O) groups excluding carboxylic acids is 1. The number of carboxylic acid groups (broad SMARTS) is 1. The second-order valence-corrected chi connectivity index (χ2v) is 5.75. The van der Waals surface area contributed by atoms with E-state index in [-0.39, 0.29) is 24.3 Å². The minimum absolute atomic E-state index is 0.190. The Labute approximate surface area is 124 Å². The number of aryl methyl sites for hydroxylation is 1. The SMILES string of the molecule is CCc1cc(C(=O)NC(CCOC(C)(C)C)C(=O)O)n[nH]1. The molecule has 1 aromatic heterocycles. The quantitative estimate of drug-likeness (QED) is 0.705. The van der Waals surface area contributed by atoms with Crippen molar-refractivity contribution < 1.29 is 19.4 Å².